The number of benzene rings is 7. The van der Waals surface area contributed by atoms with Gasteiger partial charge in [-0.25, -0.2) is 0 Å². The second kappa shape index (κ2) is 12.0. The van der Waals surface area contributed by atoms with E-state index in [0.717, 1.165) is 43.8 Å². The molecule has 0 N–H and O–H groups in total. The lowest BCUT2D eigenvalue weighted by atomic mass is 10.00. The SMILES string of the molecule is N#Cc1ccc(-c2ccc(C#N)c([Si](c3ccccc3)(c3ccccc3)c3ccccc3)c2)c(-n2c3ccccc3c3ccccc32)c1. The first-order valence-corrected chi connectivity index (χ1v) is 18.0. The molecule has 0 aliphatic carbocycles. The van der Waals surface area contributed by atoms with E-state index in [2.05, 4.69) is 174 Å². The summed E-state index contributed by atoms with van der Waals surface area (Å²) in [5.41, 5.74) is 6.30. The molecule has 224 valence electrons. The molecule has 0 aliphatic rings. The minimum Gasteiger partial charge on any atom is -0.309 e. The molecule has 4 heteroatoms. The third-order valence-corrected chi connectivity index (χ3v) is 14.2. The van der Waals surface area contributed by atoms with Crippen molar-refractivity contribution in [3.8, 4) is 29.0 Å². The monoisotopic (exact) mass is 627 g/mol. The summed E-state index contributed by atoms with van der Waals surface area (Å²) in [4.78, 5) is 0. The molecule has 0 saturated heterocycles. The topological polar surface area (TPSA) is 52.5 Å². The molecule has 0 bridgehead atoms. The lowest BCUT2D eigenvalue weighted by molar-refractivity contribution is 1.18. The van der Waals surface area contributed by atoms with Crippen LogP contribution in [0.25, 0.3) is 38.6 Å². The summed E-state index contributed by atoms with van der Waals surface area (Å²) in [6.45, 7) is 0. The van der Waals surface area contributed by atoms with Crippen molar-refractivity contribution < 1.29 is 0 Å². The van der Waals surface area contributed by atoms with Crippen LogP contribution in [-0.2, 0) is 0 Å². The fraction of sp³-hybridized carbons (Fsp3) is 0. The van der Waals surface area contributed by atoms with Crippen LogP contribution in [-0.4, -0.2) is 12.6 Å². The van der Waals surface area contributed by atoms with Gasteiger partial charge < -0.3 is 4.57 Å². The largest absolute Gasteiger partial charge is 0.309 e. The van der Waals surface area contributed by atoms with Crippen molar-refractivity contribution in [3.63, 3.8) is 0 Å². The van der Waals surface area contributed by atoms with E-state index in [4.69, 9.17) is 0 Å². The normalized spacial score (nSPS) is 11.3. The maximum absolute atomic E-state index is 10.7. The standard InChI is InChI=1S/C44H29N3Si/c45-30-32-24-27-38(43(28-32)47-41-22-12-10-20-39(41)40-21-11-13-23-42(40)47)33-25-26-34(31-46)44(29-33)48(35-14-4-1-5-15-35,36-16-6-2-7-17-36)37-18-8-3-9-19-37/h1-29H. The summed E-state index contributed by atoms with van der Waals surface area (Å²) < 4.78 is 2.27. The van der Waals surface area contributed by atoms with Crippen LogP contribution in [0, 0.1) is 22.7 Å². The molecule has 8 rings (SSSR count). The Labute approximate surface area is 280 Å². The summed E-state index contributed by atoms with van der Waals surface area (Å²) in [6, 6.07) is 66.0. The molecule has 7 aromatic carbocycles. The molecule has 0 atom stereocenters. The minimum absolute atomic E-state index is 0.589. The summed E-state index contributed by atoms with van der Waals surface area (Å²) >= 11 is 0. The van der Waals surface area contributed by atoms with Crippen LogP contribution in [0.1, 0.15) is 11.1 Å². The highest BCUT2D eigenvalue weighted by Gasteiger charge is 2.43. The Morgan fingerprint density at radius 3 is 1.46 bits per heavy atom. The van der Waals surface area contributed by atoms with Crippen molar-refractivity contribution in [1.29, 1.82) is 10.5 Å². The fourth-order valence-electron chi connectivity index (χ4n) is 7.36. The molecular formula is C44H29N3Si. The quantitative estimate of drug-likeness (QED) is 0.141. The molecule has 0 unspecified atom stereocenters. The summed E-state index contributed by atoms with van der Waals surface area (Å²) in [5.74, 6) is 0. The molecule has 3 nitrogen and oxygen atoms in total. The van der Waals surface area contributed by atoms with Crippen molar-refractivity contribution in [2.75, 3.05) is 0 Å². The van der Waals surface area contributed by atoms with Gasteiger partial charge in [0, 0.05) is 16.3 Å². The predicted octanol–water partition coefficient (Wildman–Crippen LogP) is 7.57. The molecule has 0 amide bonds. The Balaban J connectivity index is 1.48. The van der Waals surface area contributed by atoms with Gasteiger partial charge in [0.15, 0.2) is 8.07 Å². The molecule has 8 aromatic rings. The van der Waals surface area contributed by atoms with Crippen LogP contribution < -0.4 is 20.7 Å². The summed E-state index contributed by atoms with van der Waals surface area (Å²) in [6.07, 6.45) is 0. The Kier molecular flexibility index (Phi) is 7.27. The van der Waals surface area contributed by atoms with Crippen LogP contribution in [0.5, 0.6) is 0 Å². The Hall–Kier alpha value is -6.46. The molecule has 0 spiro atoms. The Morgan fingerprint density at radius 2 is 0.958 bits per heavy atom. The average molecular weight is 628 g/mol. The van der Waals surface area contributed by atoms with Crippen LogP contribution in [0.4, 0.5) is 0 Å². The zero-order chi connectivity index (χ0) is 32.5. The van der Waals surface area contributed by atoms with Crippen molar-refractivity contribution >= 4 is 50.6 Å². The molecular weight excluding hydrogens is 599 g/mol. The first-order chi connectivity index (χ1) is 23.7. The first kappa shape index (κ1) is 29.0. The summed E-state index contributed by atoms with van der Waals surface area (Å²) in [5, 5.41) is 27.7. The van der Waals surface area contributed by atoms with Gasteiger partial charge in [0.1, 0.15) is 0 Å². The van der Waals surface area contributed by atoms with Crippen molar-refractivity contribution in [3.05, 3.63) is 187 Å². The lowest BCUT2D eigenvalue weighted by Crippen LogP contribution is -2.75. The van der Waals surface area contributed by atoms with E-state index in [9.17, 15) is 10.5 Å². The first-order valence-electron chi connectivity index (χ1n) is 16.0. The van der Waals surface area contributed by atoms with Gasteiger partial charge in [-0.15, -0.1) is 0 Å². The van der Waals surface area contributed by atoms with E-state index in [0.29, 0.717) is 11.1 Å². The molecule has 0 saturated carbocycles. The number of hydrogen-bond donors (Lipinski definition) is 0. The van der Waals surface area contributed by atoms with Crippen LogP contribution in [0.3, 0.4) is 0 Å². The number of aromatic nitrogens is 1. The van der Waals surface area contributed by atoms with E-state index < -0.39 is 8.07 Å². The lowest BCUT2D eigenvalue weighted by Gasteiger charge is -2.35. The van der Waals surface area contributed by atoms with E-state index in [1.54, 1.807) is 0 Å². The second-order valence-electron chi connectivity index (χ2n) is 11.9. The molecule has 1 heterocycles. The maximum atomic E-state index is 10.7. The van der Waals surface area contributed by atoms with Gasteiger partial charge >= 0.3 is 0 Å². The predicted molar refractivity (Wildman–Crippen MR) is 199 cm³/mol. The Bertz CT molecular complexity index is 2370. The number of rotatable bonds is 6. The van der Waals surface area contributed by atoms with Gasteiger partial charge in [-0.1, -0.05) is 146 Å². The van der Waals surface area contributed by atoms with E-state index >= 15 is 0 Å². The van der Waals surface area contributed by atoms with Gasteiger partial charge in [0.05, 0.1) is 40.0 Å². The molecule has 0 fully saturated rings. The molecule has 0 aliphatic heterocycles. The Morgan fingerprint density at radius 1 is 0.458 bits per heavy atom. The average Bonchev–Trinajstić information content (AvgIpc) is 3.50. The van der Waals surface area contributed by atoms with Crippen molar-refractivity contribution in [2.45, 2.75) is 0 Å². The number of para-hydroxylation sites is 2. The minimum atomic E-state index is -3.00. The van der Waals surface area contributed by atoms with Crippen molar-refractivity contribution in [1.82, 2.24) is 4.57 Å². The van der Waals surface area contributed by atoms with Gasteiger partial charge in [-0.2, -0.15) is 10.5 Å². The van der Waals surface area contributed by atoms with Crippen LogP contribution >= 0.6 is 0 Å². The highest BCUT2D eigenvalue weighted by Crippen LogP contribution is 2.36. The number of hydrogen-bond acceptors (Lipinski definition) is 2. The van der Waals surface area contributed by atoms with Gasteiger partial charge in [-0.3, -0.25) is 0 Å². The molecule has 1 aromatic heterocycles. The van der Waals surface area contributed by atoms with Gasteiger partial charge in [0.2, 0.25) is 0 Å². The number of fused-ring (bicyclic) bond motifs is 3. The molecule has 48 heavy (non-hydrogen) atoms. The molecule has 0 radical (unpaired) electrons. The zero-order valence-electron chi connectivity index (χ0n) is 26.1. The third-order valence-electron chi connectivity index (χ3n) is 9.42. The van der Waals surface area contributed by atoms with Crippen LogP contribution in [0.15, 0.2) is 176 Å². The van der Waals surface area contributed by atoms with Crippen LogP contribution in [0.2, 0.25) is 0 Å². The van der Waals surface area contributed by atoms with Gasteiger partial charge in [-0.05, 0) is 56.6 Å². The summed E-state index contributed by atoms with van der Waals surface area (Å²) in [7, 11) is -3.00. The maximum Gasteiger partial charge on any atom is 0.180 e. The fourth-order valence-corrected chi connectivity index (χ4v) is 12.3. The highest BCUT2D eigenvalue weighted by atomic mass is 28.3. The number of nitrogens with zero attached hydrogens (tertiary/aromatic N) is 3. The van der Waals surface area contributed by atoms with E-state index in [-0.39, 0.29) is 0 Å². The smallest absolute Gasteiger partial charge is 0.180 e. The van der Waals surface area contributed by atoms with E-state index in [1.165, 1.54) is 15.6 Å². The number of nitriles is 2. The van der Waals surface area contributed by atoms with Gasteiger partial charge in [0.25, 0.3) is 0 Å². The second-order valence-corrected chi connectivity index (χ2v) is 15.7. The van der Waals surface area contributed by atoms with E-state index in [1.807, 2.05) is 18.2 Å². The third kappa shape index (κ3) is 4.55. The highest BCUT2D eigenvalue weighted by molar-refractivity contribution is 7.20. The zero-order valence-corrected chi connectivity index (χ0v) is 27.1. The van der Waals surface area contributed by atoms with Crippen molar-refractivity contribution in [2.24, 2.45) is 0 Å².